The van der Waals surface area contributed by atoms with E-state index in [1.807, 2.05) is 0 Å². The molecule has 0 saturated heterocycles. The Kier molecular flexibility index (Phi) is 3.07. The van der Waals surface area contributed by atoms with Crippen molar-refractivity contribution in [2.45, 2.75) is 0 Å². The predicted octanol–water partition coefficient (Wildman–Crippen LogP) is 0.504. The lowest BCUT2D eigenvalue weighted by molar-refractivity contribution is 0.974. The highest BCUT2D eigenvalue weighted by molar-refractivity contribution is 5.66. The molecule has 9 heteroatoms. The maximum atomic E-state index is 5.60. The van der Waals surface area contributed by atoms with E-state index >= 15 is 0 Å². The molecule has 20 heavy (non-hydrogen) atoms. The molecule has 0 amide bonds. The zero-order chi connectivity index (χ0) is 13.8. The van der Waals surface area contributed by atoms with Gasteiger partial charge < -0.3 is 5.73 Å². The van der Waals surface area contributed by atoms with Crippen molar-refractivity contribution in [1.29, 1.82) is 0 Å². The fraction of sp³-hybridized carbons (Fsp3) is 0. The third-order valence-corrected chi connectivity index (χ3v) is 2.37. The third kappa shape index (κ3) is 2.32. The maximum Gasteiger partial charge on any atom is 0.241 e. The highest BCUT2D eigenvalue weighted by Crippen LogP contribution is 2.27. The first-order valence-corrected chi connectivity index (χ1v) is 5.61. The summed E-state index contributed by atoms with van der Waals surface area (Å²) in [6.07, 6.45) is 7.40. The van der Waals surface area contributed by atoms with Gasteiger partial charge in [0.15, 0.2) is 0 Å². The molecule has 0 spiro atoms. The smallest absolute Gasteiger partial charge is 0.241 e. The molecule has 3 aromatic rings. The van der Waals surface area contributed by atoms with Crippen LogP contribution in [0.2, 0.25) is 0 Å². The first-order chi connectivity index (χ1) is 9.84. The van der Waals surface area contributed by atoms with Crippen LogP contribution < -0.4 is 10.6 Å². The van der Waals surface area contributed by atoms with Crippen molar-refractivity contribution < 1.29 is 0 Å². The number of aromatic nitrogens is 7. The zero-order valence-corrected chi connectivity index (χ0v) is 10.2. The van der Waals surface area contributed by atoms with Crippen LogP contribution in [0.1, 0.15) is 0 Å². The lowest BCUT2D eigenvalue weighted by atomic mass is 10.4. The predicted molar refractivity (Wildman–Crippen MR) is 70.1 cm³/mol. The molecule has 3 aromatic heterocycles. The van der Waals surface area contributed by atoms with E-state index in [0.717, 1.165) is 0 Å². The molecule has 0 saturated carbocycles. The molecular weight excluding hydrogens is 258 g/mol. The first kappa shape index (κ1) is 11.8. The second-order valence-corrected chi connectivity index (χ2v) is 3.61. The minimum atomic E-state index is 0.114. The van der Waals surface area contributed by atoms with Crippen molar-refractivity contribution in [2.24, 2.45) is 0 Å². The fourth-order valence-corrected chi connectivity index (χ4v) is 1.56. The minimum absolute atomic E-state index is 0.114. The van der Waals surface area contributed by atoms with E-state index in [2.05, 4.69) is 34.9 Å². The Hall–Kier alpha value is -3.23. The quantitative estimate of drug-likeness (QED) is 0.723. The lowest BCUT2D eigenvalue weighted by Crippen LogP contribution is -2.17. The summed E-state index contributed by atoms with van der Waals surface area (Å²) in [6, 6.07) is 3.42. The molecule has 3 heterocycles. The number of anilines is 4. The first-order valence-electron chi connectivity index (χ1n) is 5.61. The average Bonchev–Trinajstić information content (AvgIpc) is 2.50. The standard InChI is InChI=1S/C11H9N9/c12-10-17-7-18-11(19-10)20(8-1-3-13-5-15-8)9-2-4-14-6-16-9/h1-7H,(H2,12,17,18,19). The summed E-state index contributed by atoms with van der Waals surface area (Å²) < 4.78 is 0. The SMILES string of the molecule is Nc1ncnc(N(c2ccncn2)c2ccncn2)n1. The number of nitrogens with zero attached hydrogens (tertiary/aromatic N) is 8. The molecule has 0 radical (unpaired) electrons. The van der Waals surface area contributed by atoms with E-state index in [0.29, 0.717) is 17.6 Å². The van der Waals surface area contributed by atoms with Crippen molar-refractivity contribution in [3.05, 3.63) is 43.5 Å². The number of hydrogen-bond acceptors (Lipinski definition) is 9. The molecule has 0 unspecified atom stereocenters. The topological polar surface area (TPSA) is 119 Å². The van der Waals surface area contributed by atoms with E-state index in [1.165, 1.54) is 19.0 Å². The van der Waals surface area contributed by atoms with Gasteiger partial charge in [0.1, 0.15) is 30.6 Å². The summed E-state index contributed by atoms with van der Waals surface area (Å²) in [5.74, 6) is 1.55. The molecule has 98 valence electrons. The Morgan fingerprint density at radius 1 is 0.800 bits per heavy atom. The molecule has 2 N–H and O–H groups in total. The molecule has 0 aromatic carbocycles. The Balaban J connectivity index is 2.14. The lowest BCUT2D eigenvalue weighted by Gasteiger charge is -2.19. The monoisotopic (exact) mass is 267 g/mol. The van der Waals surface area contributed by atoms with Crippen molar-refractivity contribution in [1.82, 2.24) is 34.9 Å². The minimum Gasteiger partial charge on any atom is -0.368 e. The Bertz CT molecular complexity index is 649. The van der Waals surface area contributed by atoms with E-state index in [-0.39, 0.29) is 5.95 Å². The molecule has 0 bridgehead atoms. The van der Waals surface area contributed by atoms with E-state index in [1.54, 1.807) is 29.4 Å². The second-order valence-electron chi connectivity index (χ2n) is 3.61. The molecule has 3 rings (SSSR count). The second kappa shape index (κ2) is 5.18. The van der Waals surface area contributed by atoms with Crippen LogP contribution in [0, 0.1) is 0 Å². The van der Waals surface area contributed by atoms with Gasteiger partial charge in [0.2, 0.25) is 11.9 Å². The molecule has 0 fully saturated rings. The van der Waals surface area contributed by atoms with Gasteiger partial charge in [-0.2, -0.15) is 4.98 Å². The van der Waals surface area contributed by atoms with Crippen LogP contribution in [-0.2, 0) is 0 Å². The Labute approximate surface area is 113 Å². The summed E-state index contributed by atoms with van der Waals surface area (Å²) in [4.78, 5) is 29.7. The van der Waals surface area contributed by atoms with Crippen molar-refractivity contribution in [3.8, 4) is 0 Å². The van der Waals surface area contributed by atoms with E-state index < -0.39 is 0 Å². The van der Waals surface area contributed by atoms with Gasteiger partial charge in [0.25, 0.3) is 0 Å². The third-order valence-electron chi connectivity index (χ3n) is 2.37. The fourth-order valence-electron chi connectivity index (χ4n) is 1.56. The molecule has 9 nitrogen and oxygen atoms in total. The van der Waals surface area contributed by atoms with Gasteiger partial charge in [0.05, 0.1) is 0 Å². The molecule has 0 aliphatic carbocycles. The zero-order valence-electron chi connectivity index (χ0n) is 10.2. The molecular formula is C11H9N9. The number of nitrogens with two attached hydrogens (primary N) is 1. The number of nitrogen functional groups attached to an aromatic ring is 1. The highest BCUT2D eigenvalue weighted by atomic mass is 15.3. The van der Waals surface area contributed by atoms with Crippen LogP contribution in [0.25, 0.3) is 0 Å². The van der Waals surface area contributed by atoms with E-state index in [4.69, 9.17) is 5.73 Å². The molecule has 0 aliphatic rings. The van der Waals surface area contributed by atoms with Crippen molar-refractivity contribution in [3.63, 3.8) is 0 Å². The van der Waals surface area contributed by atoms with Crippen LogP contribution in [0.5, 0.6) is 0 Å². The molecule has 0 atom stereocenters. The Morgan fingerprint density at radius 3 is 1.95 bits per heavy atom. The van der Waals surface area contributed by atoms with Gasteiger partial charge in [-0.25, -0.2) is 34.8 Å². The van der Waals surface area contributed by atoms with Crippen LogP contribution in [-0.4, -0.2) is 34.9 Å². The Morgan fingerprint density at radius 2 is 1.45 bits per heavy atom. The van der Waals surface area contributed by atoms with Gasteiger partial charge in [-0.1, -0.05) is 0 Å². The van der Waals surface area contributed by atoms with E-state index in [9.17, 15) is 0 Å². The van der Waals surface area contributed by atoms with Crippen LogP contribution in [0.3, 0.4) is 0 Å². The number of rotatable bonds is 3. The van der Waals surface area contributed by atoms with Gasteiger partial charge in [-0.05, 0) is 12.1 Å². The van der Waals surface area contributed by atoms with Gasteiger partial charge in [-0.3, -0.25) is 0 Å². The normalized spacial score (nSPS) is 10.2. The summed E-state index contributed by atoms with van der Waals surface area (Å²) in [5.41, 5.74) is 5.60. The summed E-state index contributed by atoms with van der Waals surface area (Å²) in [6.45, 7) is 0. The molecule has 0 aliphatic heterocycles. The van der Waals surface area contributed by atoms with Crippen LogP contribution >= 0.6 is 0 Å². The van der Waals surface area contributed by atoms with Crippen LogP contribution in [0.4, 0.5) is 23.5 Å². The van der Waals surface area contributed by atoms with Gasteiger partial charge >= 0.3 is 0 Å². The van der Waals surface area contributed by atoms with Gasteiger partial charge in [0, 0.05) is 12.4 Å². The maximum absolute atomic E-state index is 5.60. The highest BCUT2D eigenvalue weighted by Gasteiger charge is 2.17. The summed E-state index contributed by atoms with van der Waals surface area (Å²) in [7, 11) is 0. The largest absolute Gasteiger partial charge is 0.368 e. The number of hydrogen-bond donors (Lipinski definition) is 1. The van der Waals surface area contributed by atoms with Crippen LogP contribution in [0.15, 0.2) is 43.5 Å². The van der Waals surface area contributed by atoms with Crippen molar-refractivity contribution >= 4 is 23.5 Å². The summed E-state index contributed by atoms with van der Waals surface area (Å²) in [5, 5.41) is 0. The summed E-state index contributed by atoms with van der Waals surface area (Å²) >= 11 is 0. The van der Waals surface area contributed by atoms with Crippen molar-refractivity contribution in [2.75, 3.05) is 10.6 Å². The average molecular weight is 267 g/mol. The van der Waals surface area contributed by atoms with Gasteiger partial charge in [-0.15, -0.1) is 0 Å².